The molecule has 1 aromatic heterocycles. The first-order chi connectivity index (χ1) is 25.8. The fraction of sp³-hybridized carbons (Fsp3) is 0.0435. The zero-order chi connectivity index (χ0) is 34.4. The number of hydrogen-bond acceptors (Lipinski definition) is 6. The van der Waals surface area contributed by atoms with Gasteiger partial charge >= 0.3 is 0 Å². The van der Waals surface area contributed by atoms with Crippen LogP contribution in [0.2, 0.25) is 0 Å². The second kappa shape index (κ2) is 13.1. The number of allylic oxidation sites excluding steroid dienone is 1. The van der Waals surface area contributed by atoms with Gasteiger partial charge in [-0.25, -0.2) is 9.97 Å². The largest absolute Gasteiger partial charge is 0.311 e. The maximum absolute atomic E-state index is 5.34. The molecule has 0 bridgehead atoms. The summed E-state index contributed by atoms with van der Waals surface area (Å²) in [5.74, 6) is 0.759. The average molecular weight is 705 g/mol. The molecule has 4 nitrogen and oxygen atoms in total. The lowest BCUT2D eigenvalue weighted by atomic mass is 9.89. The van der Waals surface area contributed by atoms with E-state index in [9.17, 15) is 0 Å². The number of rotatable bonds is 6. The van der Waals surface area contributed by atoms with Crippen LogP contribution in [-0.4, -0.2) is 16.0 Å². The molecule has 1 aliphatic carbocycles. The molecule has 0 N–H and O–H groups in total. The summed E-state index contributed by atoms with van der Waals surface area (Å²) >= 11 is 3.75. The quantitative estimate of drug-likeness (QED) is 0.171. The lowest BCUT2D eigenvalue weighted by Crippen LogP contribution is -2.32. The van der Waals surface area contributed by atoms with Gasteiger partial charge in [0.1, 0.15) is 0 Å². The molecule has 6 heteroatoms. The topological polar surface area (TPSA) is 32.3 Å². The van der Waals surface area contributed by atoms with Crippen molar-refractivity contribution in [3.63, 3.8) is 0 Å². The number of fused-ring (bicyclic) bond motifs is 6. The monoisotopic (exact) mass is 704 g/mol. The number of nitrogens with zero attached hydrogens (tertiary/aromatic N) is 4. The van der Waals surface area contributed by atoms with Crippen LogP contribution in [0.3, 0.4) is 0 Å². The number of benzene rings is 6. The highest BCUT2D eigenvalue weighted by atomic mass is 32.2. The molecule has 10 rings (SSSR count). The third-order valence-corrected chi connectivity index (χ3v) is 12.5. The van der Waals surface area contributed by atoms with Crippen LogP contribution in [0.4, 0.5) is 23.0 Å². The van der Waals surface area contributed by atoms with Crippen molar-refractivity contribution >= 4 is 46.5 Å². The van der Waals surface area contributed by atoms with Gasteiger partial charge in [-0.15, -0.1) is 0 Å². The molecule has 7 aromatic rings. The highest BCUT2D eigenvalue weighted by Gasteiger charge is 2.43. The van der Waals surface area contributed by atoms with E-state index in [2.05, 4.69) is 180 Å². The van der Waals surface area contributed by atoms with E-state index in [1.807, 2.05) is 35.7 Å². The highest BCUT2D eigenvalue weighted by Crippen LogP contribution is 2.58. The molecule has 0 spiro atoms. The van der Waals surface area contributed by atoms with Gasteiger partial charge < -0.3 is 9.80 Å². The van der Waals surface area contributed by atoms with Crippen LogP contribution >= 0.6 is 23.5 Å². The molecule has 6 aromatic carbocycles. The van der Waals surface area contributed by atoms with Crippen LogP contribution < -0.4 is 9.80 Å². The summed E-state index contributed by atoms with van der Waals surface area (Å²) in [7, 11) is 0. The summed E-state index contributed by atoms with van der Waals surface area (Å²) in [6.45, 7) is 0. The Hall–Kier alpha value is -5.82. The summed E-state index contributed by atoms with van der Waals surface area (Å²) < 4.78 is 0. The molecule has 248 valence electrons. The lowest BCUT2D eigenvalue weighted by molar-refractivity contribution is 0.715. The van der Waals surface area contributed by atoms with E-state index in [0.29, 0.717) is 5.95 Å². The first-order valence-corrected chi connectivity index (χ1v) is 19.1. The van der Waals surface area contributed by atoms with Gasteiger partial charge in [0.15, 0.2) is 0 Å². The van der Waals surface area contributed by atoms with Crippen LogP contribution in [0.5, 0.6) is 0 Å². The van der Waals surface area contributed by atoms with E-state index in [-0.39, 0.29) is 12.0 Å². The van der Waals surface area contributed by atoms with Crippen molar-refractivity contribution in [1.82, 2.24) is 9.97 Å². The zero-order valence-corrected chi connectivity index (χ0v) is 29.7. The molecule has 0 saturated heterocycles. The van der Waals surface area contributed by atoms with Crippen LogP contribution in [0.1, 0.15) is 11.5 Å². The third kappa shape index (κ3) is 5.43. The Morgan fingerprint density at radius 1 is 0.538 bits per heavy atom. The fourth-order valence-corrected chi connectivity index (χ4v) is 9.94. The first-order valence-electron chi connectivity index (χ1n) is 17.5. The Balaban J connectivity index is 1.17. The van der Waals surface area contributed by atoms with Crippen molar-refractivity contribution < 1.29 is 0 Å². The summed E-state index contributed by atoms with van der Waals surface area (Å²) in [6.07, 6.45) is 7.11. The van der Waals surface area contributed by atoms with Crippen LogP contribution in [0.15, 0.2) is 207 Å². The number of anilines is 4. The van der Waals surface area contributed by atoms with E-state index in [4.69, 9.17) is 9.97 Å². The Morgan fingerprint density at radius 2 is 1.08 bits per heavy atom. The standard InChI is InChI=1S/C46H32N4S2/c1-5-15-31(16-6-1)37-30-38(32-17-7-2-8-18-32)48-46(47-37)50-39-26-25-35(49(33-19-9-3-10-20-33)34-21-11-4-12-22-34)29-36(39)44-40(50)27-28-43-45(44)52-42-24-14-13-23-41(42)51-43/h1-30,36,39H. The second-order valence-corrected chi connectivity index (χ2v) is 15.1. The normalized spacial score (nSPS) is 16.7. The van der Waals surface area contributed by atoms with E-state index in [1.54, 1.807) is 0 Å². The van der Waals surface area contributed by atoms with Crippen molar-refractivity contribution in [2.24, 2.45) is 0 Å². The number of aromatic nitrogens is 2. The van der Waals surface area contributed by atoms with Gasteiger partial charge in [-0.3, -0.25) is 0 Å². The minimum Gasteiger partial charge on any atom is -0.311 e. The van der Waals surface area contributed by atoms with Crippen molar-refractivity contribution in [1.29, 1.82) is 0 Å². The summed E-state index contributed by atoms with van der Waals surface area (Å²) in [5, 5.41) is 0. The lowest BCUT2D eigenvalue weighted by Gasteiger charge is -2.32. The third-order valence-electron chi connectivity index (χ3n) is 9.85. The minimum absolute atomic E-state index is 0.0175. The molecule has 0 amide bonds. The Morgan fingerprint density at radius 3 is 1.67 bits per heavy atom. The highest BCUT2D eigenvalue weighted by molar-refractivity contribution is 8.05. The van der Waals surface area contributed by atoms with E-state index >= 15 is 0 Å². The van der Waals surface area contributed by atoms with Gasteiger partial charge in [0.2, 0.25) is 5.95 Å². The maximum Gasteiger partial charge on any atom is 0.231 e. The predicted octanol–water partition coefficient (Wildman–Crippen LogP) is 12.3. The Kier molecular flexibility index (Phi) is 7.77. The van der Waals surface area contributed by atoms with Crippen molar-refractivity contribution in [2.45, 2.75) is 31.5 Å². The van der Waals surface area contributed by atoms with Crippen LogP contribution in [-0.2, 0) is 0 Å². The molecule has 2 atom stereocenters. The van der Waals surface area contributed by atoms with E-state index in [1.165, 1.54) is 25.1 Å². The van der Waals surface area contributed by atoms with Gasteiger partial charge in [0.05, 0.1) is 17.4 Å². The minimum atomic E-state index is -0.0175. The van der Waals surface area contributed by atoms with Crippen LogP contribution in [0, 0.1) is 0 Å². The summed E-state index contributed by atoms with van der Waals surface area (Å²) in [6, 6.07) is 57.6. The smallest absolute Gasteiger partial charge is 0.231 e. The molecule has 2 unspecified atom stereocenters. The molecule has 3 aliphatic rings. The average Bonchev–Trinajstić information content (AvgIpc) is 3.56. The first kappa shape index (κ1) is 31.0. The molecule has 0 radical (unpaired) electrons. The van der Waals surface area contributed by atoms with Crippen molar-refractivity contribution in [2.75, 3.05) is 9.80 Å². The van der Waals surface area contributed by atoms with E-state index < -0.39 is 0 Å². The molecule has 52 heavy (non-hydrogen) atoms. The van der Waals surface area contributed by atoms with Gasteiger partial charge in [-0.05, 0) is 60.7 Å². The molecule has 0 fully saturated rings. The summed E-state index contributed by atoms with van der Waals surface area (Å²) in [4.78, 5) is 20.6. The van der Waals surface area contributed by atoms with Gasteiger partial charge in [0, 0.05) is 64.9 Å². The number of para-hydroxylation sites is 2. The van der Waals surface area contributed by atoms with Crippen molar-refractivity contribution in [3.8, 4) is 22.5 Å². The molecule has 3 heterocycles. The SMILES string of the molecule is C1=CC2C(C=C1N(c1ccccc1)c1ccccc1)c1c(ccc3c1Sc1ccccc1S3)N2c1nc(-c2ccccc2)cc(-c2ccccc2)n1. The van der Waals surface area contributed by atoms with E-state index in [0.717, 1.165) is 45.3 Å². The molecule has 2 aliphatic heterocycles. The van der Waals surface area contributed by atoms with Crippen molar-refractivity contribution in [3.05, 3.63) is 193 Å². The predicted molar refractivity (Wildman–Crippen MR) is 215 cm³/mol. The van der Waals surface area contributed by atoms with Gasteiger partial charge in [-0.2, -0.15) is 0 Å². The number of hydrogen-bond donors (Lipinski definition) is 0. The fourth-order valence-electron chi connectivity index (χ4n) is 7.50. The second-order valence-electron chi connectivity index (χ2n) is 13.0. The van der Waals surface area contributed by atoms with Gasteiger partial charge in [0.25, 0.3) is 0 Å². The Bertz CT molecular complexity index is 2390. The summed E-state index contributed by atoms with van der Waals surface area (Å²) in [5.41, 5.74) is 9.81. The van der Waals surface area contributed by atoms with Crippen LogP contribution in [0.25, 0.3) is 22.5 Å². The molecular weight excluding hydrogens is 673 g/mol. The zero-order valence-electron chi connectivity index (χ0n) is 28.1. The molecular formula is C46H32N4S2. The van der Waals surface area contributed by atoms with Gasteiger partial charge in [-0.1, -0.05) is 145 Å². The molecule has 0 saturated carbocycles. The Labute approximate surface area is 312 Å². The maximum atomic E-state index is 5.34.